The Balaban J connectivity index is 1.79. The predicted octanol–water partition coefficient (Wildman–Crippen LogP) is 1.82. The fraction of sp³-hybridized carbons (Fsp3) is 0.462. The van der Waals surface area contributed by atoms with Crippen LogP contribution >= 0.6 is 0 Å². The molecule has 8 nitrogen and oxygen atoms in total. The van der Waals surface area contributed by atoms with E-state index < -0.39 is 5.92 Å². The van der Waals surface area contributed by atoms with E-state index in [1.807, 2.05) is 49.4 Å². The third kappa shape index (κ3) is 4.29. The van der Waals surface area contributed by atoms with Crippen molar-refractivity contribution in [2.45, 2.75) is 32.1 Å². The van der Waals surface area contributed by atoms with Crippen molar-refractivity contribution in [2.24, 2.45) is 11.8 Å². The number of nitrogens with one attached hydrogen (secondary N) is 1. The molecule has 0 radical (unpaired) electrons. The molecule has 0 aliphatic carbocycles. The van der Waals surface area contributed by atoms with Crippen LogP contribution in [0.4, 0.5) is 0 Å². The van der Waals surface area contributed by atoms with Crippen molar-refractivity contribution >= 4 is 12.0 Å². The van der Waals surface area contributed by atoms with Gasteiger partial charge in [0.15, 0.2) is 0 Å². The SMILES string of the molecule is C/C=C/c1ccc2n(c1=O)C[C@@H]1[C@@H](CO)[C@H](C(=O)NCCOC)[C@H]2N1Cc1ccccc1OC. The Labute approximate surface area is 199 Å². The minimum Gasteiger partial charge on any atom is -0.496 e. The number of para-hydroxylation sites is 1. The number of allylic oxidation sites excluding steroid dienone is 1. The normalized spacial score (nSPS) is 23.8. The summed E-state index contributed by atoms with van der Waals surface area (Å²) >= 11 is 0. The summed E-state index contributed by atoms with van der Waals surface area (Å²) in [4.78, 5) is 28.9. The molecule has 1 saturated heterocycles. The number of nitrogens with zero attached hydrogens (tertiary/aromatic N) is 2. The van der Waals surface area contributed by atoms with Crippen LogP contribution in [-0.4, -0.2) is 60.5 Å². The molecule has 2 bridgehead atoms. The smallest absolute Gasteiger partial charge is 0.258 e. The number of ether oxygens (including phenoxy) is 2. The molecule has 1 amide bonds. The van der Waals surface area contributed by atoms with Gasteiger partial charge in [0, 0.05) is 62.1 Å². The highest BCUT2D eigenvalue weighted by Gasteiger charge is 2.55. The van der Waals surface area contributed by atoms with Gasteiger partial charge in [0.05, 0.1) is 25.7 Å². The maximum Gasteiger partial charge on any atom is 0.258 e. The van der Waals surface area contributed by atoms with Gasteiger partial charge in [-0.25, -0.2) is 0 Å². The number of aliphatic hydroxyl groups excluding tert-OH is 1. The first-order valence-corrected chi connectivity index (χ1v) is 11.7. The Morgan fingerprint density at radius 3 is 2.74 bits per heavy atom. The first-order chi connectivity index (χ1) is 16.5. The van der Waals surface area contributed by atoms with Gasteiger partial charge in [0.25, 0.3) is 5.56 Å². The number of methoxy groups -OCH3 is 2. The Morgan fingerprint density at radius 1 is 1.24 bits per heavy atom. The number of carbonyl (C=O) groups is 1. The largest absolute Gasteiger partial charge is 0.496 e. The third-order valence-electron chi connectivity index (χ3n) is 7.00. The molecule has 0 spiro atoms. The van der Waals surface area contributed by atoms with Gasteiger partial charge < -0.3 is 24.5 Å². The Hall–Kier alpha value is -2.94. The Bertz CT molecular complexity index is 1110. The van der Waals surface area contributed by atoms with Gasteiger partial charge in [-0.3, -0.25) is 14.5 Å². The second kappa shape index (κ2) is 10.5. The molecule has 4 atom stereocenters. The van der Waals surface area contributed by atoms with Gasteiger partial charge in [-0.1, -0.05) is 30.4 Å². The molecular weight excluding hydrogens is 434 g/mol. The minimum absolute atomic E-state index is 0.0697. The average molecular weight is 468 g/mol. The second-order valence-corrected chi connectivity index (χ2v) is 8.78. The van der Waals surface area contributed by atoms with E-state index in [1.54, 1.807) is 24.9 Å². The fourth-order valence-corrected chi connectivity index (χ4v) is 5.49. The first kappa shape index (κ1) is 24.2. The van der Waals surface area contributed by atoms with Crippen LogP contribution < -0.4 is 15.6 Å². The highest BCUT2D eigenvalue weighted by atomic mass is 16.5. The molecule has 182 valence electrons. The van der Waals surface area contributed by atoms with E-state index in [9.17, 15) is 14.7 Å². The van der Waals surface area contributed by atoms with Crippen LogP contribution in [0.5, 0.6) is 5.75 Å². The standard InChI is InChI=1S/C26H33N3O5/c1-4-7-17-10-11-20-24-23(25(31)27-12-13-33-2)19(16-30)21(15-29(20)26(17)32)28(24)14-18-8-5-6-9-22(18)34-3/h4-11,19,21,23-24,30H,12-16H2,1-3H3,(H,27,31)/b7-4+/t19-,21-,23+,24+/m1/s1. The monoisotopic (exact) mass is 467 g/mol. The summed E-state index contributed by atoms with van der Waals surface area (Å²) in [5.74, 6) is -0.170. The first-order valence-electron chi connectivity index (χ1n) is 11.7. The van der Waals surface area contributed by atoms with Gasteiger partial charge in [0.2, 0.25) is 5.91 Å². The summed E-state index contributed by atoms with van der Waals surface area (Å²) in [6.45, 7) is 3.49. The van der Waals surface area contributed by atoms with Crippen LogP contribution in [0.15, 0.2) is 47.3 Å². The summed E-state index contributed by atoms with van der Waals surface area (Å²) in [6, 6.07) is 11.1. The summed E-state index contributed by atoms with van der Waals surface area (Å²) in [5.41, 5.74) is 2.34. The summed E-state index contributed by atoms with van der Waals surface area (Å²) in [7, 11) is 3.23. The van der Waals surface area contributed by atoms with Gasteiger partial charge in [-0.15, -0.1) is 0 Å². The molecule has 1 aromatic carbocycles. The molecule has 4 rings (SSSR count). The lowest BCUT2D eigenvalue weighted by Gasteiger charge is -2.38. The van der Waals surface area contributed by atoms with Gasteiger partial charge in [-0.2, -0.15) is 0 Å². The number of rotatable bonds is 9. The molecule has 3 heterocycles. The van der Waals surface area contributed by atoms with Gasteiger partial charge >= 0.3 is 0 Å². The van der Waals surface area contributed by atoms with Crippen molar-refractivity contribution in [2.75, 3.05) is 34.0 Å². The van der Waals surface area contributed by atoms with Crippen LogP contribution in [0.1, 0.15) is 29.8 Å². The van der Waals surface area contributed by atoms with E-state index in [4.69, 9.17) is 9.47 Å². The number of benzene rings is 1. The van der Waals surface area contributed by atoms with Gasteiger partial charge in [0.1, 0.15) is 5.75 Å². The Morgan fingerprint density at radius 2 is 2.03 bits per heavy atom. The highest BCUT2D eigenvalue weighted by molar-refractivity contribution is 5.80. The molecule has 1 aromatic heterocycles. The maximum atomic E-state index is 13.4. The topological polar surface area (TPSA) is 93.0 Å². The van der Waals surface area contributed by atoms with Crippen molar-refractivity contribution < 1.29 is 19.4 Å². The van der Waals surface area contributed by atoms with E-state index in [0.717, 1.165) is 17.0 Å². The molecule has 2 aromatic rings. The molecular formula is C26H33N3O5. The van der Waals surface area contributed by atoms with Crippen LogP contribution in [0.3, 0.4) is 0 Å². The lowest BCUT2D eigenvalue weighted by Crippen LogP contribution is -2.46. The van der Waals surface area contributed by atoms with E-state index in [-0.39, 0.29) is 36.1 Å². The van der Waals surface area contributed by atoms with Crippen LogP contribution in [0.25, 0.3) is 6.08 Å². The molecule has 2 N–H and O–H groups in total. The lowest BCUT2D eigenvalue weighted by atomic mass is 9.86. The quantitative estimate of drug-likeness (QED) is 0.547. The zero-order chi connectivity index (χ0) is 24.2. The summed E-state index contributed by atoms with van der Waals surface area (Å²) in [5, 5.41) is 13.4. The fourth-order valence-electron chi connectivity index (χ4n) is 5.49. The molecule has 34 heavy (non-hydrogen) atoms. The lowest BCUT2D eigenvalue weighted by molar-refractivity contribution is -0.127. The van der Waals surface area contributed by atoms with Crippen LogP contribution in [-0.2, 0) is 22.6 Å². The van der Waals surface area contributed by atoms with Crippen molar-refractivity contribution in [1.29, 1.82) is 0 Å². The average Bonchev–Trinajstić information content (AvgIpc) is 3.05. The number of amides is 1. The predicted molar refractivity (Wildman–Crippen MR) is 129 cm³/mol. The number of hydrogen-bond donors (Lipinski definition) is 2. The number of carbonyl (C=O) groups excluding carboxylic acids is 1. The van der Waals surface area contributed by atoms with Crippen molar-refractivity contribution in [3.05, 3.63) is 69.6 Å². The summed E-state index contributed by atoms with van der Waals surface area (Å²) in [6.07, 6.45) is 3.65. The number of fused-ring (bicyclic) bond motifs is 4. The molecule has 0 saturated carbocycles. The minimum atomic E-state index is -0.498. The van der Waals surface area contributed by atoms with Crippen molar-refractivity contribution in [3.63, 3.8) is 0 Å². The zero-order valence-electron chi connectivity index (χ0n) is 19.9. The Kier molecular flexibility index (Phi) is 7.50. The molecule has 0 unspecified atom stereocenters. The van der Waals surface area contributed by atoms with Gasteiger partial charge in [-0.05, 0) is 25.1 Å². The molecule has 2 aliphatic rings. The van der Waals surface area contributed by atoms with E-state index >= 15 is 0 Å². The second-order valence-electron chi connectivity index (χ2n) is 8.78. The highest BCUT2D eigenvalue weighted by Crippen LogP contribution is 2.49. The van der Waals surface area contributed by atoms with Crippen LogP contribution in [0.2, 0.25) is 0 Å². The number of hydrogen-bond acceptors (Lipinski definition) is 6. The van der Waals surface area contributed by atoms with Crippen molar-refractivity contribution in [3.8, 4) is 5.75 Å². The molecule has 8 heteroatoms. The number of aliphatic hydroxyl groups is 1. The van der Waals surface area contributed by atoms with E-state index in [0.29, 0.717) is 31.8 Å². The van der Waals surface area contributed by atoms with Crippen molar-refractivity contribution in [1.82, 2.24) is 14.8 Å². The zero-order valence-corrected chi connectivity index (χ0v) is 19.9. The third-order valence-corrected chi connectivity index (χ3v) is 7.00. The summed E-state index contributed by atoms with van der Waals surface area (Å²) < 4.78 is 12.4. The number of aromatic nitrogens is 1. The number of pyridine rings is 1. The van der Waals surface area contributed by atoms with E-state index in [1.165, 1.54) is 0 Å². The van der Waals surface area contributed by atoms with Crippen LogP contribution in [0, 0.1) is 11.8 Å². The molecule has 1 fully saturated rings. The molecule has 2 aliphatic heterocycles. The maximum absolute atomic E-state index is 13.4. The van der Waals surface area contributed by atoms with E-state index in [2.05, 4.69) is 10.2 Å².